The van der Waals surface area contributed by atoms with Gasteiger partial charge in [0.05, 0.1) is 0 Å². The normalized spacial score (nSPS) is 12.7. The van der Waals surface area contributed by atoms with E-state index >= 15 is 0 Å². The predicted octanol–water partition coefficient (Wildman–Crippen LogP) is 4.20. The van der Waals surface area contributed by atoms with E-state index in [1.165, 1.54) is 22.3 Å². The van der Waals surface area contributed by atoms with Gasteiger partial charge in [0.1, 0.15) is 0 Å². The lowest BCUT2D eigenvalue weighted by Gasteiger charge is -2.28. The Hall–Kier alpha value is -1.16. The second-order valence-corrected chi connectivity index (χ2v) is 6.53. The molecule has 0 aliphatic carbocycles. The topological polar surface area (TPSA) is 29.3 Å². The number of likely N-dealkylation sites (N-methyl/N-ethyl adjacent to an activating group) is 1. The number of nitrogens with zero attached hydrogens (tertiary/aromatic N) is 1. The molecule has 0 radical (unpaired) electrons. The Bertz CT molecular complexity index is 590. The van der Waals surface area contributed by atoms with E-state index in [-0.39, 0.29) is 6.04 Å². The molecule has 2 aromatic rings. The van der Waals surface area contributed by atoms with Crippen LogP contribution in [0.25, 0.3) is 0 Å². The van der Waals surface area contributed by atoms with Crippen molar-refractivity contribution in [2.75, 3.05) is 13.6 Å². The molecular formula is C18H23BrN2. The predicted molar refractivity (Wildman–Crippen MR) is 93.3 cm³/mol. The Balaban J connectivity index is 2.22. The standard InChI is InChI=1S/C18H23BrN2/c1-13-8-14(2)10-16(9-13)18(11-20)21(3)12-15-6-4-5-7-17(15)19/h4-10,18H,11-12,20H2,1-3H3. The first-order valence-electron chi connectivity index (χ1n) is 7.23. The van der Waals surface area contributed by atoms with Crippen LogP contribution in [0.4, 0.5) is 0 Å². The van der Waals surface area contributed by atoms with E-state index in [1.54, 1.807) is 0 Å². The summed E-state index contributed by atoms with van der Waals surface area (Å²) >= 11 is 3.62. The minimum atomic E-state index is 0.232. The van der Waals surface area contributed by atoms with Gasteiger partial charge >= 0.3 is 0 Å². The summed E-state index contributed by atoms with van der Waals surface area (Å²) in [7, 11) is 2.13. The Labute approximate surface area is 136 Å². The molecule has 0 saturated heterocycles. The van der Waals surface area contributed by atoms with Gasteiger partial charge < -0.3 is 5.73 Å². The molecule has 2 rings (SSSR count). The van der Waals surface area contributed by atoms with E-state index in [4.69, 9.17) is 5.73 Å². The van der Waals surface area contributed by atoms with Gasteiger partial charge in [-0.2, -0.15) is 0 Å². The quantitative estimate of drug-likeness (QED) is 0.878. The van der Waals surface area contributed by atoms with Crippen LogP contribution >= 0.6 is 15.9 Å². The minimum absolute atomic E-state index is 0.232. The second-order valence-electron chi connectivity index (χ2n) is 5.68. The first kappa shape index (κ1) is 16.2. The Morgan fingerprint density at radius 2 is 1.71 bits per heavy atom. The van der Waals surface area contributed by atoms with E-state index in [0.717, 1.165) is 11.0 Å². The molecule has 21 heavy (non-hydrogen) atoms. The van der Waals surface area contributed by atoms with Crippen molar-refractivity contribution in [2.24, 2.45) is 5.73 Å². The molecule has 2 nitrogen and oxygen atoms in total. The maximum absolute atomic E-state index is 6.04. The van der Waals surface area contributed by atoms with E-state index < -0.39 is 0 Å². The van der Waals surface area contributed by atoms with Gasteiger partial charge in [-0.1, -0.05) is 63.5 Å². The van der Waals surface area contributed by atoms with Gasteiger partial charge in [-0.3, -0.25) is 4.90 Å². The SMILES string of the molecule is Cc1cc(C)cc(C(CN)N(C)Cc2ccccc2Br)c1. The van der Waals surface area contributed by atoms with Gasteiger partial charge in [0, 0.05) is 23.6 Å². The van der Waals surface area contributed by atoms with Gasteiger partial charge in [0.25, 0.3) is 0 Å². The molecule has 2 aromatic carbocycles. The molecule has 0 aromatic heterocycles. The van der Waals surface area contributed by atoms with Crippen molar-refractivity contribution in [3.05, 3.63) is 69.2 Å². The Morgan fingerprint density at radius 1 is 1.10 bits per heavy atom. The van der Waals surface area contributed by atoms with Crippen LogP contribution in [0.2, 0.25) is 0 Å². The number of hydrogen-bond acceptors (Lipinski definition) is 2. The summed E-state index contributed by atoms with van der Waals surface area (Å²) in [5.74, 6) is 0. The highest BCUT2D eigenvalue weighted by atomic mass is 79.9. The zero-order valence-electron chi connectivity index (χ0n) is 12.9. The van der Waals surface area contributed by atoms with Crippen molar-refractivity contribution in [1.82, 2.24) is 4.90 Å². The largest absolute Gasteiger partial charge is 0.329 e. The van der Waals surface area contributed by atoms with Gasteiger partial charge in [0.2, 0.25) is 0 Å². The average Bonchev–Trinajstić information content (AvgIpc) is 2.41. The van der Waals surface area contributed by atoms with E-state index in [2.05, 4.69) is 78.1 Å². The molecule has 2 N–H and O–H groups in total. The Morgan fingerprint density at radius 3 is 2.29 bits per heavy atom. The lowest BCUT2D eigenvalue weighted by molar-refractivity contribution is 0.241. The zero-order chi connectivity index (χ0) is 15.4. The van der Waals surface area contributed by atoms with Crippen LogP contribution in [0, 0.1) is 13.8 Å². The van der Waals surface area contributed by atoms with Crippen molar-refractivity contribution < 1.29 is 0 Å². The molecule has 0 fully saturated rings. The Kier molecular flexibility index (Phi) is 5.57. The van der Waals surface area contributed by atoms with Crippen molar-refractivity contribution in [2.45, 2.75) is 26.4 Å². The summed E-state index contributed by atoms with van der Waals surface area (Å²) in [5.41, 5.74) is 11.2. The molecule has 0 aliphatic heterocycles. The lowest BCUT2D eigenvalue weighted by Crippen LogP contribution is -2.30. The zero-order valence-corrected chi connectivity index (χ0v) is 14.5. The highest BCUT2D eigenvalue weighted by Gasteiger charge is 2.17. The molecule has 3 heteroatoms. The monoisotopic (exact) mass is 346 g/mol. The van der Waals surface area contributed by atoms with Crippen molar-refractivity contribution in [3.63, 3.8) is 0 Å². The number of aryl methyl sites for hydroxylation is 2. The van der Waals surface area contributed by atoms with Gasteiger partial charge in [0.15, 0.2) is 0 Å². The summed E-state index contributed by atoms with van der Waals surface area (Å²) in [5, 5.41) is 0. The van der Waals surface area contributed by atoms with Crippen LogP contribution in [0.15, 0.2) is 46.9 Å². The maximum atomic E-state index is 6.04. The first-order valence-corrected chi connectivity index (χ1v) is 8.02. The van der Waals surface area contributed by atoms with Crippen LogP contribution in [0.3, 0.4) is 0 Å². The molecule has 0 aliphatic rings. The summed E-state index contributed by atoms with van der Waals surface area (Å²) in [6.07, 6.45) is 0. The number of halogens is 1. The highest BCUT2D eigenvalue weighted by Crippen LogP contribution is 2.25. The maximum Gasteiger partial charge on any atom is 0.0471 e. The third-order valence-electron chi connectivity index (χ3n) is 3.76. The number of rotatable bonds is 5. The summed E-state index contributed by atoms with van der Waals surface area (Å²) in [4.78, 5) is 2.31. The van der Waals surface area contributed by atoms with Crippen molar-refractivity contribution in [1.29, 1.82) is 0 Å². The molecule has 0 saturated carbocycles. The summed E-state index contributed by atoms with van der Waals surface area (Å²) in [6.45, 7) is 5.76. The fourth-order valence-electron chi connectivity index (χ4n) is 2.78. The molecular weight excluding hydrogens is 324 g/mol. The van der Waals surface area contributed by atoms with Gasteiger partial charge in [-0.25, -0.2) is 0 Å². The van der Waals surface area contributed by atoms with Crippen LogP contribution in [-0.4, -0.2) is 18.5 Å². The molecule has 0 heterocycles. The summed E-state index contributed by atoms with van der Waals surface area (Å²) < 4.78 is 1.15. The van der Waals surface area contributed by atoms with Crippen molar-refractivity contribution >= 4 is 15.9 Å². The van der Waals surface area contributed by atoms with Crippen LogP contribution in [0.1, 0.15) is 28.3 Å². The third-order valence-corrected chi connectivity index (χ3v) is 4.54. The fourth-order valence-corrected chi connectivity index (χ4v) is 3.19. The first-order chi connectivity index (χ1) is 10.0. The smallest absolute Gasteiger partial charge is 0.0471 e. The molecule has 112 valence electrons. The molecule has 1 unspecified atom stereocenters. The van der Waals surface area contributed by atoms with E-state index in [9.17, 15) is 0 Å². The molecule has 0 amide bonds. The van der Waals surface area contributed by atoms with E-state index in [1.807, 2.05) is 6.07 Å². The van der Waals surface area contributed by atoms with Crippen LogP contribution in [-0.2, 0) is 6.54 Å². The number of nitrogens with two attached hydrogens (primary N) is 1. The van der Waals surface area contributed by atoms with Crippen LogP contribution in [0.5, 0.6) is 0 Å². The van der Waals surface area contributed by atoms with Gasteiger partial charge in [-0.05, 0) is 38.1 Å². The molecule has 0 bridgehead atoms. The molecule has 1 atom stereocenters. The fraction of sp³-hybridized carbons (Fsp3) is 0.333. The minimum Gasteiger partial charge on any atom is -0.329 e. The third kappa shape index (κ3) is 4.16. The van der Waals surface area contributed by atoms with E-state index in [0.29, 0.717) is 6.54 Å². The van der Waals surface area contributed by atoms with Gasteiger partial charge in [-0.15, -0.1) is 0 Å². The average molecular weight is 347 g/mol. The van der Waals surface area contributed by atoms with Crippen molar-refractivity contribution in [3.8, 4) is 0 Å². The summed E-state index contributed by atoms with van der Waals surface area (Å²) in [6, 6.07) is 15.2. The molecule has 0 spiro atoms. The second kappa shape index (κ2) is 7.21. The van der Waals surface area contributed by atoms with Crippen LogP contribution < -0.4 is 5.73 Å². The highest BCUT2D eigenvalue weighted by molar-refractivity contribution is 9.10. The number of benzene rings is 2. The number of hydrogen-bond donors (Lipinski definition) is 1. The lowest BCUT2D eigenvalue weighted by atomic mass is 10.00.